The number of nitrogens with zero attached hydrogens (tertiary/aromatic N) is 5. The molecule has 5 aromatic heterocycles. The van der Waals surface area contributed by atoms with Crippen molar-refractivity contribution in [3.05, 3.63) is 95.2 Å². The third-order valence-electron chi connectivity index (χ3n) is 10.2. The van der Waals surface area contributed by atoms with Crippen molar-refractivity contribution in [3.63, 3.8) is 0 Å². The van der Waals surface area contributed by atoms with E-state index in [1.54, 1.807) is 49.6 Å². The number of amides is 2. The molecule has 358 valence electrons. The van der Waals surface area contributed by atoms with E-state index >= 15 is 0 Å². The first-order valence-corrected chi connectivity index (χ1v) is 21.8. The van der Waals surface area contributed by atoms with Crippen LogP contribution >= 0.6 is 11.3 Å². The van der Waals surface area contributed by atoms with Crippen molar-refractivity contribution in [2.24, 2.45) is 17.6 Å². The summed E-state index contributed by atoms with van der Waals surface area (Å²) >= 11 is 1.22. The number of oxazole rings is 4. The van der Waals surface area contributed by atoms with Crippen molar-refractivity contribution in [2.45, 2.75) is 78.6 Å². The first kappa shape index (κ1) is 48.8. The van der Waals surface area contributed by atoms with Gasteiger partial charge in [-0.2, -0.15) is 8.78 Å². The maximum Gasteiger partial charge on any atom is 0.334 e. The Kier molecular flexibility index (Phi) is 14.4. The number of halogens is 5. The summed E-state index contributed by atoms with van der Waals surface area (Å²) < 4.78 is 104. The van der Waals surface area contributed by atoms with Crippen LogP contribution in [0, 0.1) is 40.9 Å². The number of aromatic nitrogens is 5. The lowest BCUT2D eigenvalue weighted by Crippen LogP contribution is -2.56. The first-order valence-electron chi connectivity index (χ1n) is 20.9. The van der Waals surface area contributed by atoms with E-state index in [4.69, 9.17) is 28.1 Å². The van der Waals surface area contributed by atoms with Gasteiger partial charge in [0.15, 0.2) is 22.8 Å². The van der Waals surface area contributed by atoms with Gasteiger partial charge in [0, 0.05) is 10.9 Å². The van der Waals surface area contributed by atoms with Crippen LogP contribution in [0.15, 0.2) is 72.2 Å². The molecule has 0 saturated carbocycles. The summed E-state index contributed by atoms with van der Waals surface area (Å²) in [5, 5.41) is 7.15. The predicted molar refractivity (Wildman–Crippen MR) is 232 cm³/mol. The zero-order valence-electron chi connectivity index (χ0n) is 37.3. The summed E-state index contributed by atoms with van der Waals surface area (Å²) in [5.41, 5.74) is 7.05. The zero-order valence-corrected chi connectivity index (χ0v) is 38.1. The van der Waals surface area contributed by atoms with Crippen molar-refractivity contribution in [1.82, 2.24) is 35.6 Å². The molecule has 17 nitrogen and oxygen atoms in total. The molecule has 0 aliphatic rings. The van der Waals surface area contributed by atoms with Gasteiger partial charge in [-0.15, -0.1) is 11.3 Å². The largest absolute Gasteiger partial charge is 0.446 e. The van der Waals surface area contributed by atoms with Crippen LogP contribution in [0.4, 0.5) is 22.0 Å². The smallest absolute Gasteiger partial charge is 0.334 e. The van der Waals surface area contributed by atoms with Gasteiger partial charge in [0.1, 0.15) is 53.3 Å². The normalized spacial score (nSPS) is 13.6. The van der Waals surface area contributed by atoms with Crippen molar-refractivity contribution >= 4 is 29.1 Å². The number of hydrogen-bond donors (Lipinski definition) is 3. The minimum Gasteiger partial charge on any atom is -0.446 e. The summed E-state index contributed by atoms with van der Waals surface area (Å²) in [7, 11) is 0. The maximum atomic E-state index is 14.4. The van der Waals surface area contributed by atoms with Gasteiger partial charge in [0.05, 0.1) is 12.2 Å². The number of esters is 1. The summed E-state index contributed by atoms with van der Waals surface area (Å²) in [6.45, 7) is 12.1. The van der Waals surface area contributed by atoms with Crippen molar-refractivity contribution < 1.29 is 63.5 Å². The van der Waals surface area contributed by atoms with Gasteiger partial charge in [0.2, 0.25) is 64.3 Å². The number of carbonyl (C=O) groups excluding carboxylic acids is 3. The summed E-state index contributed by atoms with van der Waals surface area (Å²) in [4.78, 5) is 63.6. The van der Waals surface area contributed by atoms with E-state index in [0.717, 1.165) is 0 Å². The maximum absolute atomic E-state index is 14.4. The Bertz CT molecular complexity index is 2910. The molecule has 0 saturated heterocycles. The SMILES string of the molecule is CC[C@@H](C)[C@@H](NC(=O)c1nc(-c2coc(-c3csc(-c4coc(-c5coc([C@@H](N)COC(C)(C)C)n5)n4)n3)n2)oc1-c1ccccc1)C(=O)N[C@H](C(=O)Oc1c(F)c(F)c(F)c(F)c1F)C(C)C. The van der Waals surface area contributed by atoms with E-state index < -0.39 is 88.2 Å². The second-order valence-corrected chi connectivity index (χ2v) is 17.5. The monoisotopic (exact) mass is 966 g/mol. The molecule has 0 radical (unpaired) electrons. The molecule has 2 amide bonds. The van der Waals surface area contributed by atoms with Crippen molar-refractivity contribution in [1.29, 1.82) is 0 Å². The molecule has 0 aliphatic carbocycles. The average Bonchev–Trinajstić information content (AvgIpc) is 4.18. The minimum atomic E-state index is -2.45. The molecule has 5 heterocycles. The summed E-state index contributed by atoms with van der Waals surface area (Å²) in [6, 6.07) is 4.77. The lowest BCUT2D eigenvalue weighted by Gasteiger charge is -2.27. The lowest BCUT2D eigenvalue weighted by molar-refractivity contribution is -0.141. The highest BCUT2D eigenvalue weighted by molar-refractivity contribution is 7.13. The van der Waals surface area contributed by atoms with Crippen molar-refractivity contribution in [2.75, 3.05) is 6.61 Å². The number of nitrogens with two attached hydrogens (primary N) is 1. The Morgan fingerprint density at radius 2 is 1.35 bits per heavy atom. The molecule has 0 aliphatic heterocycles. The Morgan fingerprint density at radius 3 is 2.00 bits per heavy atom. The number of carbonyl (C=O) groups is 3. The Hall–Kier alpha value is -7.11. The van der Waals surface area contributed by atoms with Gasteiger partial charge in [-0.25, -0.2) is 42.9 Å². The zero-order chi connectivity index (χ0) is 49.2. The van der Waals surface area contributed by atoms with Crippen LogP contribution in [-0.2, 0) is 14.3 Å². The van der Waals surface area contributed by atoms with E-state index in [0.29, 0.717) is 34.1 Å². The molecule has 7 rings (SSSR count). The fourth-order valence-electron chi connectivity index (χ4n) is 6.30. The third-order valence-corrected chi connectivity index (χ3v) is 11.0. The predicted octanol–water partition coefficient (Wildman–Crippen LogP) is 8.83. The third kappa shape index (κ3) is 10.5. The highest BCUT2D eigenvalue weighted by Gasteiger charge is 2.36. The standard InChI is InChI=1S/C45H43F5N8O9S/c1-8-20(4)33(37(59)56-32(19(2)3)44(61)67-36-30(49)28(47)27(46)29(48)31(36)50)57-38(60)34-35(21-12-10-9-11-13-21)66-42(58-34)24-16-63-41(53-24)26-18-68-43(55-26)25-17-64-40(54-25)23-15-62-39(52-23)22(51)14-65-45(5,6)7/h9-13,15-20,22,32-33H,8,14,51H2,1-7H3,(H,56,59)(H,57,60)/t20-,22+,32+,33-/m1/s1. The van der Waals surface area contributed by atoms with E-state index in [2.05, 4.69) is 40.3 Å². The van der Waals surface area contributed by atoms with Gasteiger partial charge < -0.3 is 43.5 Å². The van der Waals surface area contributed by atoms with Crippen LogP contribution in [-0.4, -0.2) is 67.0 Å². The first-order chi connectivity index (χ1) is 32.2. The Morgan fingerprint density at radius 1 is 0.750 bits per heavy atom. The van der Waals surface area contributed by atoms with Gasteiger partial charge in [-0.3, -0.25) is 9.59 Å². The molecule has 23 heteroatoms. The molecule has 0 bridgehead atoms. The molecular weight excluding hydrogens is 924 g/mol. The molecule has 0 fully saturated rings. The van der Waals surface area contributed by atoms with E-state index in [1.807, 2.05) is 20.8 Å². The second kappa shape index (κ2) is 20.0. The molecule has 4 atom stereocenters. The number of thiazole rings is 1. The average molecular weight is 967 g/mol. The fraction of sp³-hybridized carbons (Fsp3) is 0.333. The lowest BCUT2D eigenvalue weighted by atomic mass is 9.96. The van der Waals surface area contributed by atoms with Crippen LogP contribution in [0.2, 0.25) is 0 Å². The van der Waals surface area contributed by atoms with Gasteiger partial charge in [-0.05, 0) is 32.6 Å². The van der Waals surface area contributed by atoms with Crippen molar-refractivity contribution in [3.8, 4) is 62.5 Å². The molecular formula is C45H43F5N8O9S. The summed E-state index contributed by atoms with van der Waals surface area (Å²) in [5.74, 6) is -18.2. The Balaban J connectivity index is 1.09. The summed E-state index contributed by atoms with van der Waals surface area (Å²) in [6.07, 6.45) is 4.34. The quantitative estimate of drug-likeness (QED) is 0.0254. The van der Waals surface area contributed by atoms with E-state index in [9.17, 15) is 36.3 Å². The highest BCUT2D eigenvalue weighted by atomic mass is 32.1. The van der Waals surface area contributed by atoms with E-state index in [-0.39, 0.29) is 47.3 Å². The number of rotatable bonds is 17. The molecule has 68 heavy (non-hydrogen) atoms. The number of nitrogens with one attached hydrogen (secondary N) is 2. The molecule has 0 unspecified atom stereocenters. The van der Waals surface area contributed by atoms with E-state index in [1.165, 1.54) is 44.0 Å². The number of ether oxygens (including phenoxy) is 2. The van der Waals surface area contributed by atoms with Gasteiger partial charge >= 0.3 is 5.97 Å². The number of benzene rings is 2. The topological polar surface area (TPSA) is 237 Å². The van der Waals surface area contributed by atoms with Gasteiger partial charge in [-0.1, -0.05) is 64.4 Å². The molecule has 2 aromatic carbocycles. The molecule has 4 N–H and O–H groups in total. The number of hydrogen-bond acceptors (Lipinski definition) is 16. The van der Waals surface area contributed by atoms with Gasteiger partial charge in [0.25, 0.3) is 5.91 Å². The molecule has 0 spiro atoms. The van der Waals surface area contributed by atoms with Crippen LogP contribution in [0.3, 0.4) is 0 Å². The Labute approximate surface area is 387 Å². The van der Waals surface area contributed by atoms with Crippen LogP contribution < -0.4 is 21.1 Å². The van der Waals surface area contributed by atoms with Crippen LogP contribution in [0.25, 0.3) is 56.8 Å². The fourth-order valence-corrected chi connectivity index (χ4v) is 7.04. The highest BCUT2D eigenvalue weighted by Crippen LogP contribution is 2.35. The van der Waals surface area contributed by atoms with Crippen LogP contribution in [0.5, 0.6) is 5.75 Å². The molecule has 7 aromatic rings. The van der Waals surface area contributed by atoms with Crippen LogP contribution in [0.1, 0.15) is 77.3 Å². The second-order valence-electron chi connectivity index (χ2n) is 16.7. The minimum absolute atomic E-state index is 0.00496.